The first-order chi connectivity index (χ1) is 9.69. The SMILES string of the molecule is CN(C)c1nccc(Nc2cccc(CCCN)c2)n1. The van der Waals surface area contributed by atoms with Crippen LogP contribution < -0.4 is 16.0 Å². The summed E-state index contributed by atoms with van der Waals surface area (Å²) in [5.74, 6) is 1.48. The minimum atomic E-state index is 0.689. The van der Waals surface area contributed by atoms with Crippen LogP contribution in [0.25, 0.3) is 0 Å². The van der Waals surface area contributed by atoms with Crippen molar-refractivity contribution < 1.29 is 0 Å². The van der Waals surface area contributed by atoms with E-state index in [1.807, 2.05) is 37.2 Å². The number of nitrogens with one attached hydrogen (secondary N) is 1. The van der Waals surface area contributed by atoms with Crippen molar-refractivity contribution in [3.05, 3.63) is 42.1 Å². The first kappa shape index (κ1) is 14.3. The van der Waals surface area contributed by atoms with E-state index >= 15 is 0 Å². The minimum absolute atomic E-state index is 0.689. The zero-order valence-corrected chi connectivity index (χ0v) is 12.0. The fourth-order valence-corrected chi connectivity index (χ4v) is 1.89. The maximum atomic E-state index is 5.55. The second-order valence-electron chi connectivity index (χ2n) is 4.85. The van der Waals surface area contributed by atoms with Crippen molar-refractivity contribution >= 4 is 17.5 Å². The number of aromatic nitrogens is 2. The molecule has 2 rings (SSSR count). The summed E-state index contributed by atoms with van der Waals surface area (Å²) in [5.41, 5.74) is 7.86. The lowest BCUT2D eigenvalue weighted by atomic mass is 10.1. The van der Waals surface area contributed by atoms with Crippen LogP contribution in [0.1, 0.15) is 12.0 Å². The van der Waals surface area contributed by atoms with Crippen molar-refractivity contribution in [2.45, 2.75) is 12.8 Å². The molecular formula is C15H21N5. The van der Waals surface area contributed by atoms with Crippen molar-refractivity contribution in [3.8, 4) is 0 Å². The molecule has 0 aliphatic rings. The largest absolute Gasteiger partial charge is 0.347 e. The number of benzene rings is 1. The van der Waals surface area contributed by atoms with Crippen LogP contribution in [0.15, 0.2) is 36.5 Å². The molecule has 0 spiro atoms. The summed E-state index contributed by atoms with van der Waals surface area (Å²) in [7, 11) is 3.85. The van der Waals surface area contributed by atoms with Crippen molar-refractivity contribution in [2.75, 3.05) is 30.9 Å². The first-order valence-electron chi connectivity index (χ1n) is 6.75. The molecule has 0 bridgehead atoms. The molecule has 5 nitrogen and oxygen atoms in total. The predicted octanol–water partition coefficient (Wildman–Crippen LogP) is 2.18. The predicted molar refractivity (Wildman–Crippen MR) is 83.5 cm³/mol. The summed E-state index contributed by atoms with van der Waals surface area (Å²) in [4.78, 5) is 10.5. The van der Waals surface area contributed by atoms with E-state index in [-0.39, 0.29) is 0 Å². The molecule has 1 heterocycles. The van der Waals surface area contributed by atoms with Gasteiger partial charge in [0.05, 0.1) is 0 Å². The van der Waals surface area contributed by atoms with E-state index in [0.29, 0.717) is 5.95 Å². The highest BCUT2D eigenvalue weighted by Crippen LogP contribution is 2.17. The molecule has 20 heavy (non-hydrogen) atoms. The lowest BCUT2D eigenvalue weighted by Gasteiger charge is -2.12. The maximum Gasteiger partial charge on any atom is 0.226 e. The second kappa shape index (κ2) is 6.86. The molecule has 5 heteroatoms. The summed E-state index contributed by atoms with van der Waals surface area (Å²) in [6.45, 7) is 0.718. The van der Waals surface area contributed by atoms with E-state index < -0.39 is 0 Å². The van der Waals surface area contributed by atoms with Crippen LogP contribution in [0.2, 0.25) is 0 Å². The molecule has 0 unspecified atom stereocenters. The Balaban J connectivity index is 2.11. The van der Waals surface area contributed by atoms with E-state index in [2.05, 4.69) is 27.4 Å². The molecule has 0 amide bonds. The van der Waals surface area contributed by atoms with Crippen molar-refractivity contribution in [1.29, 1.82) is 0 Å². The Morgan fingerprint density at radius 3 is 2.85 bits per heavy atom. The van der Waals surface area contributed by atoms with Gasteiger partial charge in [-0.15, -0.1) is 0 Å². The molecule has 1 aromatic carbocycles. The fraction of sp³-hybridized carbons (Fsp3) is 0.333. The summed E-state index contributed by atoms with van der Waals surface area (Å²) < 4.78 is 0. The van der Waals surface area contributed by atoms with Crippen LogP contribution in [-0.4, -0.2) is 30.6 Å². The lowest BCUT2D eigenvalue weighted by molar-refractivity contribution is 0.833. The van der Waals surface area contributed by atoms with Gasteiger partial charge >= 0.3 is 0 Å². The van der Waals surface area contributed by atoms with Gasteiger partial charge in [0.25, 0.3) is 0 Å². The summed E-state index contributed by atoms with van der Waals surface area (Å²) in [5, 5.41) is 3.31. The molecule has 0 radical (unpaired) electrons. The van der Waals surface area contributed by atoms with Gasteiger partial charge in [-0.2, -0.15) is 4.98 Å². The Labute approximate surface area is 119 Å². The molecular weight excluding hydrogens is 250 g/mol. The molecule has 2 aromatic rings. The highest BCUT2D eigenvalue weighted by Gasteiger charge is 2.02. The van der Waals surface area contributed by atoms with E-state index in [1.165, 1.54) is 5.56 Å². The Kier molecular flexibility index (Phi) is 4.90. The molecule has 0 fully saturated rings. The van der Waals surface area contributed by atoms with Gasteiger partial charge < -0.3 is 16.0 Å². The molecule has 0 aliphatic heterocycles. The third kappa shape index (κ3) is 3.93. The van der Waals surface area contributed by atoms with E-state index in [4.69, 9.17) is 5.73 Å². The van der Waals surface area contributed by atoms with Crippen LogP contribution >= 0.6 is 0 Å². The highest BCUT2D eigenvalue weighted by atomic mass is 15.2. The van der Waals surface area contributed by atoms with Crippen LogP contribution in [0.3, 0.4) is 0 Å². The molecule has 0 saturated carbocycles. The standard InChI is InChI=1S/C15H21N5/c1-20(2)15-17-10-8-14(19-15)18-13-7-3-5-12(11-13)6-4-9-16/h3,5,7-8,10-11H,4,6,9,16H2,1-2H3,(H,17,18,19). The van der Waals surface area contributed by atoms with E-state index in [9.17, 15) is 0 Å². The van der Waals surface area contributed by atoms with Gasteiger partial charge in [-0.1, -0.05) is 12.1 Å². The molecule has 0 aliphatic carbocycles. The third-order valence-corrected chi connectivity index (χ3v) is 2.91. The molecule has 106 valence electrons. The number of anilines is 3. The van der Waals surface area contributed by atoms with Gasteiger partial charge in [0.15, 0.2) is 0 Å². The topological polar surface area (TPSA) is 67.1 Å². The van der Waals surface area contributed by atoms with Gasteiger partial charge in [-0.25, -0.2) is 4.98 Å². The number of hydrogen-bond acceptors (Lipinski definition) is 5. The average Bonchev–Trinajstić information content (AvgIpc) is 2.46. The molecule has 0 saturated heterocycles. The first-order valence-corrected chi connectivity index (χ1v) is 6.75. The Hall–Kier alpha value is -2.14. The minimum Gasteiger partial charge on any atom is -0.347 e. The fourth-order valence-electron chi connectivity index (χ4n) is 1.89. The quantitative estimate of drug-likeness (QED) is 0.843. The average molecular weight is 271 g/mol. The maximum absolute atomic E-state index is 5.55. The third-order valence-electron chi connectivity index (χ3n) is 2.91. The number of nitrogens with two attached hydrogens (primary N) is 1. The summed E-state index contributed by atoms with van der Waals surface area (Å²) >= 11 is 0. The van der Waals surface area contributed by atoms with E-state index in [1.54, 1.807) is 6.20 Å². The normalized spacial score (nSPS) is 10.3. The smallest absolute Gasteiger partial charge is 0.226 e. The zero-order chi connectivity index (χ0) is 14.4. The van der Waals surface area contributed by atoms with Gasteiger partial charge in [0.2, 0.25) is 5.95 Å². The van der Waals surface area contributed by atoms with Gasteiger partial charge in [0.1, 0.15) is 5.82 Å². The highest BCUT2D eigenvalue weighted by molar-refractivity contribution is 5.57. The summed E-state index contributed by atoms with van der Waals surface area (Å²) in [6, 6.07) is 10.2. The van der Waals surface area contributed by atoms with Gasteiger partial charge in [-0.3, -0.25) is 0 Å². The number of nitrogens with zero attached hydrogens (tertiary/aromatic N) is 3. The second-order valence-corrected chi connectivity index (χ2v) is 4.85. The van der Waals surface area contributed by atoms with Crippen LogP contribution in [0.5, 0.6) is 0 Å². The Bertz CT molecular complexity index is 553. The zero-order valence-electron chi connectivity index (χ0n) is 12.0. The number of hydrogen-bond donors (Lipinski definition) is 2. The lowest BCUT2D eigenvalue weighted by Crippen LogP contribution is -2.13. The van der Waals surface area contributed by atoms with Gasteiger partial charge in [-0.05, 0) is 43.1 Å². The van der Waals surface area contributed by atoms with Crippen molar-refractivity contribution in [3.63, 3.8) is 0 Å². The monoisotopic (exact) mass is 271 g/mol. The molecule has 0 atom stereocenters. The van der Waals surface area contributed by atoms with Gasteiger partial charge in [0, 0.05) is 26.0 Å². The number of rotatable bonds is 6. The summed E-state index contributed by atoms with van der Waals surface area (Å²) in [6.07, 6.45) is 3.75. The van der Waals surface area contributed by atoms with Crippen LogP contribution in [-0.2, 0) is 6.42 Å². The Morgan fingerprint density at radius 1 is 1.25 bits per heavy atom. The van der Waals surface area contributed by atoms with Crippen molar-refractivity contribution in [1.82, 2.24) is 9.97 Å². The molecule has 1 aromatic heterocycles. The molecule has 3 N–H and O–H groups in total. The van der Waals surface area contributed by atoms with Crippen LogP contribution in [0.4, 0.5) is 17.5 Å². The van der Waals surface area contributed by atoms with E-state index in [0.717, 1.165) is 30.9 Å². The Morgan fingerprint density at radius 2 is 2.10 bits per heavy atom. The number of aryl methyl sites for hydroxylation is 1. The van der Waals surface area contributed by atoms with Crippen molar-refractivity contribution in [2.24, 2.45) is 5.73 Å². The van der Waals surface area contributed by atoms with Crippen LogP contribution in [0, 0.1) is 0 Å².